The number of carbonyl (C=O) groups is 1. The topological polar surface area (TPSA) is 114 Å². The van der Waals surface area contributed by atoms with E-state index in [2.05, 4.69) is 20.2 Å². The summed E-state index contributed by atoms with van der Waals surface area (Å²) in [6.07, 6.45) is 1.08. The Bertz CT molecular complexity index is 839. The van der Waals surface area contributed by atoms with Crippen LogP contribution in [-0.4, -0.2) is 42.1 Å². The SMILES string of the molecule is CC(C)(C)NC(=O)CSc1nnc(-c2ccc(NS(C)(=O)=O)cc2)o1. The van der Waals surface area contributed by atoms with Crippen LogP contribution in [0.2, 0.25) is 0 Å². The maximum atomic E-state index is 11.8. The van der Waals surface area contributed by atoms with Crippen LogP contribution >= 0.6 is 11.8 Å². The summed E-state index contributed by atoms with van der Waals surface area (Å²) in [5, 5.41) is 11.0. The molecule has 10 heteroatoms. The van der Waals surface area contributed by atoms with Crippen molar-refractivity contribution in [3.05, 3.63) is 24.3 Å². The van der Waals surface area contributed by atoms with Crippen molar-refractivity contribution in [2.24, 2.45) is 0 Å². The predicted molar refractivity (Wildman–Crippen MR) is 96.8 cm³/mol. The fraction of sp³-hybridized carbons (Fsp3) is 0.400. The van der Waals surface area contributed by atoms with Crippen molar-refractivity contribution in [2.75, 3.05) is 16.7 Å². The number of amides is 1. The molecular formula is C15H20N4O4S2. The van der Waals surface area contributed by atoms with Gasteiger partial charge in [0.2, 0.25) is 21.8 Å². The van der Waals surface area contributed by atoms with Crippen molar-refractivity contribution in [1.82, 2.24) is 15.5 Å². The Morgan fingerprint density at radius 1 is 1.20 bits per heavy atom. The lowest BCUT2D eigenvalue weighted by Crippen LogP contribution is -2.41. The van der Waals surface area contributed by atoms with Gasteiger partial charge >= 0.3 is 0 Å². The van der Waals surface area contributed by atoms with Crippen LogP contribution in [0.25, 0.3) is 11.5 Å². The van der Waals surface area contributed by atoms with Crippen molar-refractivity contribution in [3.63, 3.8) is 0 Å². The van der Waals surface area contributed by atoms with Crippen LogP contribution < -0.4 is 10.0 Å². The molecule has 2 aromatic rings. The molecule has 0 atom stereocenters. The van der Waals surface area contributed by atoms with Gasteiger partial charge in [0.25, 0.3) is 5.22 Å². The predicted octanol–water partition coefficient (Wildman–Crippen LogP) is 2.11. The highest BCUT2D eigenvalue weighted by Crippen LogP contribution is 2.24. The third kappa shape index (κ3) is 6.75. The second-order valence-corrected chi connectivity index (χ2v) is 9.09. The Hall–Kier alpha value is -2.07. The number of sulfonamides is 1. The van der Waals surface area contributed by atoms with Gasteiger partial charge < -0.3 is 9.73 Å². The third-order valence-electron chi connectivity index (χ3n) is 2.68. The number of thioether (sulfide) groups is 1. The molecule has 0 fully saturated rings. The minimum atomic E-state index is -3.32. The van der Waals surface area contributed by atoms with E-state index in [9.17, 15) is 13.2 Å². The lowest BCUT2D eigenvalue weighted by atomic mass is 10.1. The highest BCUT2D eigenvalue weighted by atomic mass is 32.2. The standard InChI is InChI=1S/C15H20N4O4S2/c1-15(2,3)16-12(20)9-24-14-18-17-13(23-14)10-5-7-11(8-6-10)19-25(4,21)22/h5-8,19H,9H2,1-4H3,(H,16,20). The number of hydrogen-bond acceptors (Lipinski definition) is 7. The van der Waals surface area contributed by atoms with Gasteiger partial charge in [0.05, 0.1) is 12.0 Å². The van der Waals surface area contributed by atoms with Crippen molar-refractivity contribution >= 4 is 33.4 Å². The summed E-state index contributed by atoms with van der Waals surface area (Å²) < 4.78 is 30.3. The van der Waals surface area contributed by atoms with E-state index >= 15 is 0 Å². The molecule has 136 valence electrons. The molecule has 2 N–H and O–H groups in total. The van der Waals surface area contributed by atoms with Crippen LogP contribution in [0.1, 0.15) is 20.8 Å². The van der Waals surface area contributed by atoms with Crippen LogP contribution in [0.3, 0.4) is 0 Å². The van der Waals surface area contributed by atoms with E-state index in [1.165, 1.54) is 0 Å². The quantitative estimate of drug-likeness (QED) is 0.733. The van der Waals surface area contributed by atoms with Crippen molar-refractivity contribution in [3.8, 4) is 11.5 Å². The Morgan fingerprint density at radius 3 is 2.40 bits per heavy atom. The summed E-state index contributed by atoms with van der Waals surface area (Å²) in [6, 6.07) is 6.54. The number of aromatic nitrogens is 2. The first kappa shape index (κ1) is 19.3. The zero-order chi connectivity index (χ0) is 18.7. The Labute approximate surface area is 150 Å². The summed E-state index contributed by atoms with van der Waals surface area (Å²) >= 11 is 1.15. The van der Waals surface area contributed by atoms with Crippen LogP contribution in [0.4, 0.5) is 5.69 Å². The van der Waals surface area contributed by atoms with Gasteiger partial charge in [-0.1, -0.05) is 11.8 Å². The third-order valence-corrected chi connectivity index (χ3v) is 4.11. The Kier molecular flexibility index (Phi) is 5.73. The first-order valence-corrected chi connectivity index (χ1v) is 10.3. The first-order chi connectivity index (χ1) is 11.5. The second kappa shape index (κ2) is 7.44. The zero-order valence-corrected chi connectivity index (χ0v) is 16.0. The van der Waals surface area contributed by atoms with Gasteiger partial charge in [0, 0.05) is 16.8 Å². The maximum Gasteiger partial charge on any atom is 0.277 e. The van der Waals surface area contributed by atoms with Crippen molar-refractivity contribution < 1.29 is 17.6 Å². The van der Waals surface area contributed by atoms with Gasteiger partial charge in [0.1, 0.15) is 0 Å². The molecule has 1 amide bonds. The number of benzene rings is 1. The molecule has 0 radical (unpaired) electrons. The molecule has 25 heavy (non-hydrogen) atoms. The highest BCUT2D eigenvalue weighted by Gasteiger charge is 2.16. The minimum absolute atomic E-state index is 0.117. The van der Waals surface area contributed by atoms with Gasteiger partial charge in [-0.3, -0.25) is 9.52 Å². The van der Waals surface area contributed by atoms with E-state index in [1.807, 2.05) is 20.8 Å². The fourth-order valence-electron chi connectivity index (χ4n) is 1.86. The highest BCUT2D eigenvalue weighted by molar-refractivity contribution is 7.99. The maximum absolute atomic E-state index is 11.8. The van der Waals surface area contributed by atoms with Crippen LogP contribution in [0.15, 0.2) is 33.9 Å². The molecule has 0 bridgehead atoms. The summed E-state index contributed by atoms with van der Waals surface area (Å²) in [5.74, 6) is 0.355. The van der Waals surface area contributed by atoms with Crippen LogP contribution in [0.5, 0.6) is 0 Å². The average molecular weight is 384 g/mol. The number of hydrogen-bond donors (Lipinski definition) is 2. The Morgan fingerprint density at radius 2 is 1.84 bits per heavy atom. The summed E-state index contributed by atoms with van der Waals surface area (Å²) in [6.45, 7) is 5.72. The number of anilines is 1. The molecule has 0 aliphatic carbocycles. The molecule has 0 saturated carbocycles. The number of nitrogens with one attached hydrogen (secondary N) is 2. The summed E-state index contributed by atoms with van der Waals surface area (Å²) in [5.41, 5.74) is 0.802. The van der Waals surface area contributed by atoms with Crippen molar-refractivity contribution in [2.45, 2.75) is 31.5 Å². The molecule has 0 aliphatic rings. The van der Waals surface area contributed by atoms with E-state index in [0.717, 1.165) is 18.0 Å². The van der Waals surface area contributed by atoms with Crippen LogP contribution in [0, 0.1) is 0 Å². The number of nitrogens with zero attached hydrogens (tertiary/aromatic N) is 2. The number of rotatable bonds is 6. The smallest absolute Gasteiger partial charge is 0.277 e. The molecule has 8 nitrogen and oxygen atoms in total. The zero-order valence-electron chi connectivity index (χ0n) is 14.4. The van der Waals surface area contributed by atoms with E-state index in [4.69, 9.17) is 4.42 Å². The molecule has 0 spiro atoms. The van der Waals surface area contributed by atoms with Gasteiger partial charge in [-0.25, -0.2) is 8.42 Å². The summed E-state index contributed by atoms with van der Waals surface area (Å²) in [4.78, 5) is 11.8. The summed E-state index contributed by atoms with van der Waals surface area (Å²) in [7, 11) is -3.32. The monoisotopic (exact) mass is 384 g/mol. The van der Waals surface area contributed by atoms with Gasteiger partial charge in [-0.05, 0) is 45.0 Å². The van der Waals surface area contributed by atoms with E-state index in [1.54, 1.807) is 24.3 Å². The molecule has 1 aromatic heterocycles. The molecule has 0 saturated heterocycles. The largest absolute Gasteiger partial charge is 0.411 e. The lowest BCUT2D eigenvalue weighted by Gasteiger charge is -2.19. The lowest BCUT2D eigenvalue weighted by molar-refractivity contribution is -0.119. The van der Waals surface area contributed by atoms with Gasteiger partial charge in [0.15, 0.2) is 0 Å². The Balaban J connectivity index is 1.98. The minimum Gasteiger partial charge on any atom is -0.411 e. The molecule has 1 aromatic carbocycles. The van der Waals surface area contributed by atoms with E-state index in [-0.39, 0.29) is 22.4 Å². The molecule has 2 rings (SSSR count). The molecule has 0 unspecified atom stereocenters. The van der Waals surface area contributed by atoms with Gasteiger partial charge in [-0.15, -0.1) is 10.2 Å². The fourth-order valence-corrected chi connectivity index (χ4v) is 2.99. The van der Waals surface area contributed by atoms with Crippen molar-refractivity contribution in [1.29, 1.82) is 0 Å². The van der Waals surface area contributed by atoms with E-state index < -0.39 is 10.0 Å². The van der Waals surface area contributed by atoms with Crippen LogP contribution in [-0.2, 0) is 14.8 Å². The molecular weight excluding hydrogens is 364 g/mol. The normalized spacial score (nSPS) is 12.0. The average Bonchev–Trinajstić information content (AvgIpc) is 2.91. The van der Waals surface area contributed by atoms with Gasteiger partial charge in [-0.2, -0.15) is 0 Å². The molecule has 0 aliphatic heterocycles. The number of carbonyl (C=O) groups excluding carboxylic acids is 1. The van der Waals surface area contributed by atoms with E-state index in [0.29, 0.717) is 17.1 Å². The second-order valence-electron chi connectivity index (χ2n) is 6.41. The first-order valence-electron chi connectivity index (χ1n) is 7.37. The molecule has 1 heterocycles.